The van der Waals surface area contributed by atoms with Gasteiger partial charge in [0, 0.05) is 23.3 Å². The van der Waals surface area contributed by atoms with Gasteiger partial charge in [-0.1, -0.05) is 100 Å². The molecule has 2 aliphatic rings. The lowest BCUT2D eigenvalue weighted by molar-refractivity contribution is -0.0314. The average molecular weight is 461 g/mol. The van der Waals surface area contributed by atoms with E-state index in [0.717, 1.165) is 23.5 Å². The topological polar surface area (TPSA) is 18.5 Å². The monoisotopic (exact) mass is 460 g/mol. The van der Waals surface area contributed by atoms with Crippen LogP contribution in [0.4, 0.5) is 0 Å². The van der Waals surface area contributed by atoms with E-state index in [1.165, 1.54) is 58.4 Å². The fourth-order valence-electron chi connectivity index (χ4n) is 5.62. The van der Waals surface area contributed by atoms with Gasteiger partial charge in [-0.3, -0.25) is 0 Å². The Morgan fingerprint density at radius 3 is 2.23 bits per heavy atom. The van der Waals surface area contributed by atoms with Crippen molar-refractivity contribution in [3.63, 3.8) is 0 Å². The zero-order chi connectivity index (χ0) is 23.8. The molecule has 0 amide bonds. The summed E-state index contributed by atoms with van der Waals surface area (Å²) in [6.07, 6.45) is 12.7. The minimum atomic E-state index is -0.933. The molecule has 2 nitrogen and oxygen atoms in total. The zero-order valence-electron chi connectivity index (χ0n) is 20.6. The predicted octanol–water partition coefficient (Wildman–Crippen LogP) is 9.18. The van der Waals surface area contributed by atoms with Gasteiger partial charge in [0.1, 0.15) is 11.5 Å². The van der Waals surface area contributed by atoms with Gasteiger partial charge >= 0.3 is 0 Å². The molecular weight excluding hydrogens is 428 g/mol. The number of benzene rings is 4. The molecule has 0 aliphatic carbocycles. The van der Waals surface area contributed by atoms with E-state index in [0.29, 0.717) is 5.92 Å². The first-order valence-electron chi connectivity index (χ1n) is 13.0. The molecule has 2 atom stereocenters. The first-order chi connectivity index (χ1) is 17.2. The lowest BCUT2D eigenvalue weighted by Gasteiger charge is -2.38. The number of allylic oxidation sites excluding steroid dienone is 1. The summed E-state index contributed by atoms with van der Waals surface area (Å²) in [6.45, 7) is 4.63. The van der Waals surface area contributed by atoms with Crippen molar-refractivity contribution in [1.82, 2.24) is 0 Å². The molecule has 2 heterocycles. The summed E-state index contributed by atoms with van der Waals surface area (Å²) in [6, 6.07) is 25.6. The molecule has 4 aromatic carbocycles. The highest BCUT2D eigenvalue weighted by Gasteiger charge is 2.39. The predicted molar refractivity (Wildman–Crippen MR) is 147 cm³/mol. The Morgan fingerprint density at radius 2 is 1.43 bits per heavy atom. The molecule has 2 aliphatic heterocycles. The third-order valence-electron chi connectivity index (χ3n) is 7.51. The van der Waals surface area contributed by atoms with Gasteiger partial charge in [0.05, 0.1) is 0 Å². The van der Waals surface area contributed by atoms with E-state index in [1.807, 2.05) is 0 Å². The van der Waals surface area contributed by atoms with E-state index in [-0.39, 0.29) is 0 Å². The lowest BCUT2D eigenvalue weighted by atomic mass is 9.83. The fourth-order valence-corrected chi connectivity index (χ4v) is 5.62. The van der Waals surface area contributed by atoms with Crippen LogP contribution in [0.5, 0.6) is 11.5 Å². The number of unbranched alkanes of at least 4 members (excludes halogenated alkanes) is 3. The highest BCUT2D eigenvalue weighted by atomic mass is 16.7. The van der Waals surface area contributed by atoms with Crippen LogP contribution in [0.1, 0.15) is 57.1 Å². The van der Waals surface area contributed by atoms with Crippen molar-refractivity contribution in [2.24, 2.45) is 5.92 Å². The van der Waals surface area contributed by atoms with Gasteiger partial charge in [-0.05, 0) is 57.7 Å². The van der Waals surface area contributed by atoms with Crippen LogP contribution in [0.2, 0.25) is 0 Å². The standard InChI is InChI=1S/C33H32O2/c1-3-4-5-6-11-23(2)29-22-33(35-31-19-17-25-13-8-10-15-27(25)32(29)31)21-20-28-26-14-9-7-12-24(26)16-18-30(28)34-33/h7-10,12-23H,3-6,11H2,1-2H3. The molecular formula is C33H32O2. The van der Waals surface area contributed by atoms with Crippen molar-refractivity contribution in [2.45, 2.75) is 51.7 Å². The molecule has 0 saturated heterocycles. The SMILES string of the molecule is CCCCCCC(C)C1=CC2(C=Cc3c(ccc4ccccc34)O2)Oc2ccc3ccccc3c21. The van der Waals surface area contributed by atoms with Crippen LogP contribution in [0.25, 0.3) is 33.2 Å². The molecule has 4 aromatic rings. The maximum Gasteiger partial charge on any atom is 0.292 e. The first-order valence-corrected chi connectivity index (χ1v) is 13.0. The molecule has 35 heavy (non-hydrogen) atoms. The molecule has 1 spiro atoms. The minimum absolute atomic E-state index is 0.409. The van der Waals surface area contributed by atoms with Gasteiger partial charge in [0.2, 0.25) is 0 Å². The quantitative estimate of drug-likeness (QED) is 0.267. The van der Waals surface area contributed by atoms with Crippen molar-refractivity contribution in [3.05, 3.63) is 96.1 Å². The second-order valence-corrected chi connectivity index (χ2v) is 9.97. The molecule has 6 rings (SSSR count). The normalized spacial score (nSPS) is 19.1. The van der Waals surface area contributed by atoms with Crippen molar-refractivity contribution in [2.75, 3.05) is 0 Å². The van der Waals surface area contributed by atoms with Crippen molar-refractivity contribution < 1.29 is 9.47 Å². The van der Waals surface area contributed by atoms with Crippen LogP contribution in [-0.4, -0.2) is 5.79 Å². The summed E-state index contributed by atoms with van der Waals surface area (Å²) in [5.74, 6) is 1.24. The smallest absolute Gasteiger partial charge is 0.292 e. The van der Waals surface area contributed by atoms with Crippen LogP contribution in [-0.2, 0) is 0 Å². The summed E-state index contributed by atoms with van der Waals surface area (Å²) in [5.41, 5.74) is 3.66. The fraction of sp³-hybridized carbons (Fsp3) is 0.273. The van der Waals surface area contributed by atoms with Crippen molar-refractivity contribution in [1.29, 1.82) is 0 Å². The Balaban J connectivity index is 1.45. The van der Waals surface area contributed by atoms with Gasteiger partial charge in [-0.2, -0.15) is 0 Å². The number of hydrogen-bond donors (Lipinski definition) is 0. The van der Waals surface area contributed by atoms with Gasteiger partial charge in [0.15, 0.2) is 0 Å². The maximum atomic E-state index is 6.68. The summed E-state index contributed by atoms with van der Waals surface area (Å²) >= 11 is 0. The van der Waals surface area contributed by atoms with Crippen molar-refractivity contribution in [3.8, 4) is 11.5 Å². The van der Waals surface area contributed by atoms with E-state index in [1.54, 1.807) is 0 Å². The van der Waals surface area contributed by atoms with Crippen LogP contribution in [0.3, 0.4) is 0 Å². The number of hydrogen-bond acceptors (Lipinski definition) is 2. The Labute approximate surface area is 207 Å². The highest BCUT2D eigenvalue weighted by molar-refractivity contribution is 5.98. The highest BCUT2D eigenvalue weighted by Crippen LogP contribution is 2.47. The lowest BCUT2D eigenvalue weighted by Crippen LogP contribution is -2.42. The minimum Gasteiger partial charge on any atom is -0.445 e. The molecule has 0 N–H and O–H groups in total. The second-order valence-electron chi connectivity index (χ2n) is 9.97. The molecule has 2 unspecified atom stereocenters. The number of fused-ring (bicyclic) bond motifs is 6. The third kappa shape index (κ3) is 3.91. The first kappa shape index (κ1) is 22.0. The molecule has 0 radical (unpaired) electrons. The van der Waals surface area contributed by atoms with Crippen LogP contribution >= 0.6 is 0 Å². The van der Waals surface area contributed by atoms with E-state index >= 15 is 0 Å². The summed E-state index contributed by atoms with van der Waals surface area (Å²) < 4.78 is 13.4. The Kier molecular flexibility index (Phi) is 5.60. The maximum absolute atomic E-state index is 6.68. The van der Waals surface area contributed by atoms with Crippen molar-refractivity contribution >= 4 is 33.2 Å². The van der Waals surface area contributed by atoms with Gasteiger partial charge in [0.25, 0.3) is 5.79 Å². The van der Waals surface area contributed by atoms with Gasteiger partial charge in [-0.25, -0.2) is 0 Å². The Hall–Kier alpha value is -3.52. The van der Waals surface area contributed by atoms with E-state index < -0.39 is 5.79 Å². The Bertz CT molecular complexity index is 1460. The third-order valence-corrected chi connectivity index (χ3v) is 7.51. The summed E-state index contributed by atoms with van der Waals surface area (Å²) in [4.78, 5) is 0. The molecule has 176 valence electrons. The molecule has 0 aromatic heterocycles. The average Bonchev–Trinajstić information content (AvgIpc) is 2.90. The molecule has 0 saturated carbocycles. The number of ether oxygens (including phenoxy) is 2. The summed E-state index contributed by atoms with van der Waals surface area (Å²) in [5, 5.41) is 4.91. The molecule has 0 fully saturated rings. The zero-order valence-corrected chi connectivity index (χ0v) is 20.6. The largest absolute Gasteiger partial charge is 0.445 e. The second kappa shape index (κ2) is 8.92. The summed E-state index contributed by atoms with van der Waals surface area (Å²) in [7, 11) is 0. The van der Waals surface area contributed by atoms with E-state index in [9.17, 15) is 0 Å². The van der Waals surface area contributed by atoms with Crippen LogP contribution in [0, 0.1) is 5.92 Å². The molecule has 2 heteroatoms. The van der Waals surface area contributed by atoms with Crippen LogP contribution < -0.4 is 9.47 Å². The van der Waals surface area contributed by atoms with Crippen LogP contribution in [0.15, 0.2) is 84.9 Å². The Morgan fingerprint density at radius 1 is 0.743 bits per heavy atom. The van der Waals surface area contributed by atoms with E-state index in [2.05, 4.69) is 105 Å². The van der Waals surface area contributed by atoms with Gasteiger partial charge in [-0.15, -0.1) is 0 Å². The van der Waals surface area contributed by atoms with E-state index in [4.69, 9.17) is 9.47 Å². The number of rotatable bonds is 6. The molecule has 0 bridgehead atoms. The van der Waals surface area contributed by atoms with Gasteiger partial charge < -0.3 is 9.47 Å².